The van der Waals surface area contributed by atoms with E-state index in [4.69, 9.17) is 10.00 Å². The van der Waals surface area contributed by atoms with Crippen LogP contribution in [0.2, 0.25) is 0 Å². The third-order valence-electron chi connectivity index (χ3n) is 3.16. The fourth-order valence-corrected chi connectivity index (χ4v) is 2.85. The second-order valence-electron chi connectivity index (χ2n) is 4.72. The first kappa shape index (κ1) is 13.8. The Morgan fingerprint density at radius 2 is 2.29 bits per heavy atom. The molecular weight excluding hydrogens is 288 g/mol. The largest absolute Gasteiger partial charge is 0.491 e. The molecule has 0 atom stereocenters. The highest BCUT2D eigenvalue weighted by Gasteiger charge is 2.28. The van der Waals surface area contributed by atoms with E-state index in [2.05, 4.69) is 16.3 Å². The number of aromatic nitrogens is 3. The van der Waals surface area contributed by atoms with Crippen LogP contribution in [-0.2, 0) is 0 Å². The number of para-hydroxylation sites is 1. The van der Waals surface area contributed by atoms with Crippen molar-refractivity contribution in [3.05, 3.63) is 40.3 Å². The Balaban J connectivity index is 1.55. The summed E-state index contributed by atoms with van der Waals surface area (Å²) in [5, 5.41) is 16.2. The summed E-state index contributed by atoms with van der Waals surface area (Å²) in [4.78, 5) is 11.6. The maximum atomic E-state index is 11.6. The van der Waals surface area contributed by atoms with Gasteiger partial charge in [0.1, 0.15) is 11.8 Å². The van der Waals surface area contributed by atoms with Gasteiger partial charge in [-0.05, 0) is 25.0 Å². The predicted octanol–water partition coefficient (Wildman–Crippen LogP) is 1.95. The Bertz CT molecular complexity index is 727. The van der Waals surface area contributed by atoms with Gasteiger partial charge in [0.15, 0.2) is 5.16 Å². The summed E-state index contributed by atoms with van der Waals surface area (Å²) in [6, 6.07) is 9.54. The van der Waals surface area contributed by atoms with Gasteiger partial charge in [-0.1, -0.05) is 23.9 Å². The van der Waals surface area contributed by atoms with E-state index < -0.39 is 0 Å². The fraction of sp³-hybridized carbons (Fsp3) is 0.357. The van der Waals surface area contributed by atoms with Gasteiger partial charge in [-0.2, -0.15) is 5.26 Å². The van der Waals surface area contributed by atoms with Gasteiger partial charge in [-0.3, -0.25) is 4.57 Å². The van der Waals surface area contributed by atoms with Crippen LogP contribution in [0, 0.1) is 11.3 Å². The predicted molar refractivity (Wildman–Crippen MR) is 78.5 cm³/mol. The number of rotatable bonds is 6. The zero-order valence-corrected chi connectivity index (χ0v) is 12.1. The molecule has 0 saturated heterocycles. The lowest BCUT2D eigenvalue weighted by atomic mass is 10.2. The smallest absolute Gasteiger partial charge is 0.344 e. The van der Waals surface area contributed by atoms with Gasteiger partial charge in [0.25, 0.3) is 0 Å². The van der Waals surface area contributed by atoms with E-state index in [1.807, 2.05) is 6.07 Å². The van der Waals surface area contributed by atoms with Crippen LogP contribution in [0.25, 0.3) is 0 Å². The standard InChI is InChI=1S/C14H14N4O2S/c15-9-10-3-1-2-4-12(10)20-7-8-21-14-17-16-13(19)18(14)11-5-6-11/h1-4,11H,5-8H2,(H,16,19). The van der Waals surface area contributed by atoms with Crippen molar-refractivity contribution >= 4 is 11.8 Å². The fourth-order valence-electron chi connectivity index (χ4n) is 2.02. The van der Waals surface area contributed by atoms with Crippen LogP contribution in [-0.4, -0.2) is 27.1 Å². The zero-order valence-electron chi connectivity index (χ0n) is 11.3. The van der Waals surface area contributed by atoms with Gasteiger partial charge < -0.3 is 4.74 Å². The van der Waals surface area contributed by atoms with E-state index in [0.29, 0.717) is 34.9 Å². The van der Waals surface area contributed by atoms with Gasteiger partial charge in [0.05, 0.1) is 12.2 Å². The molecule has 0 aliphatic heterocycles. The van der Waals surface area contributed by atoms with Crippen molar-refractivity contribution in [3.63, 3.8) is 0 Å². The van der Waals surface area contributed by atoms with Gasteiger partial charge >= 0.3 is 5.69 Å². The Labute approximate surface area is 125 Å². The van der Waals surface area contributed by atoms with Crippen molar-refractivity contribution in [3.8, 4) is 11.8 Å². The molecule has 1 saturated carbocycles. The molecule has 1 fully saturated rings. The van der Waals surface area contributed by atoms with Crippen LogP contribution in [0.15, 0.2) is 34.2 Å². The average Bonchev–Trinajstić information content (AvgIpc) is 3.28. The summed E-state index contributed by atoms with van der Waals surface area (Å²) in [7, 11) is 0. The number of hydrogen-bond acceptors (Lipinski definition) is 5. The third kappa shape index (κ3) is 3.11. The summed E-state index contributed by atoms with van der Waals surface area (Å²) in [5.41, 5.74) is 0.382. The molecule has 3 rings (SSSR count). The minimum Gasteiger partial charge on any atom is -0.491 e. The molecule has 0 bridgehead atoms. The molecule has 0 spiro atoms. The first-order chi connectivity index (χ1) is 10.3. The molecule has 1 aromatic heterocycles. The molecule has 2 aromatic rings. The third-order valence-corrected chi connectivity index (χ3v) is 4.08. The summed E-state index contributed by atoms with van der Waals surface area (Å²) in [6.45, 7) is 0.453. The Morgan fingerprint density at radius 1 is 1.48 bits per heavy atom. The monoisotopic (exact) mass is 302 g/mol. The van der Waals surface area contributed by atoms with Crippen molar-refractivity contribution in [2.75, 3.05) is 12.4 Å². The molecule has 21 heavy (non-hydrogen) atoms. The van der Waals surface area contributed by atoms with E-state index in [1.165, 1.54) is 11.8 Å². The van der Waals surface area contributed by atoms with Crippen molar-refractivity contribution in [2.24, 2.45) is 0 Å². The highest BCUT2D eigenvalue weighted by molar-refractivity contribution is 7.99. The lowest BCUT2D eigenvalue weighted by Gasteiger charge is -2.07. The van der Waals surface area contributed by atoms with E-state index in [9.17, 15) is 4.79 Å². The minimum atomic E-state index is -0.143. The number of H-pyrrole nitrogens is 1. The van der Waals surface area contributed by atoms with Crippen molar-refractivity contribution < 1.29 is 4.74 Å². The second kappa shape index (κ2) is 6.06. The number of nitrogens with zero attached hydrogens (tertiary/aromatic N) is 3. The van der Waals surface area contributed by atoms with Crippen LogP contribution in [0.3, 0.4) is 0 Å². The van der Waals surface area contributed by atoms with Gasteiger partial charge in [0, 0.05) is 11.8 Å². The van der Waals surface area contributed by atoms with E-state index in [-0.39, 0.29) is 5.69 Å². The maximum Gasteiger partial charge on any atom is 0.344 e. The molecule has 0 radical (unpaired) electrons. The van der Waals surface area contributed by atoms with Gasteiger partial charge in [-0.15, -0.1) is 5.10 Å². The Morgan fingerprint density at radius 3 is 3.05 bits per heavy atom. The van der Waals surface area contributed by atoms with Gasteiger partial charge in [0.2, 0.25) is 0 Å². The number of benzene rings is 1. The Hall–Kier alpha value is -2.20. The van der Waals surface area contributed by atoms with E-state index in [0.717, 1.165) is 12.8 Å². The Kier molecular flexibility index (Phi) is 3.97. The molecule has 1 aliphatic rings. The first-order valence-electron chi connectivity index (χ1n) is 6.71. The molecule has 6 nitrogen and oxygen atoms in total. The van der Waals surface area contributed by atoms with Crippen LogP contribution < -0.4 is 10.4 Å². The summed E-state index contributed by atoms with van der Waals surface area (Å²) >= 11 is 1.48. The summed E-state index contributed by atoms with van der Waals surface area (Å²) in [6.07, 6.45) is 2.08. The van der Waals surface area contributed by atoms with Gasteiger partial charge in [-0.25, -0.2) is 9.89 Å². The second-order valence-corrected chi connectivity index (χ2v) is 5.78. The van der Waals surface area contributed by atoms with Crippen LogP contribution in [0.5, 0.6) is 5.75 Å². The molecule has 1 aliphatic carbocycles. The molecule has 0 amide bonds. The SMILES string of the molecule is N#Cc1ccccc1OCCSc1n[nH]c(=O)n1C1CC1. The van der Waals surface area contributed by atoms with Crippen molar-refractivity contribution in [1.82, 2.24) is 14.8 Å². The topological polar surface area (TPSA) is 83.7 Å². The molecular formula is C14H14N4O2S. The normalized spacial score (nSPS) is 13.9. The number of aromatic amines is 1. The zero-order chi connectivity index (χ0) is 14.7. The molecule has 0 unspecified atom stereocenters. The van der Waals surface area contributed by atoms with E-state index in [1.54, 1.807) is 22.8 Å². The summed E-state index contributed by atoms with van der Waals surface area (Å²) < 4.78 is 7.32. The maximum absolute atomic E-state index is 11.6. The highest BCUT2D eigenvalue weighted by Crippen LogP contribution is 2.35. The average molecular weight is 302 g/mol. The molecule has 1 aromatic carbocycles. The number of hydrogen-bond donors (Lipinski definition) is 1. The molecule has 7 heteroatoms. The lowest BCUT2D eigenvalue weighted by molar-refractivity contribution is 0.343. The van der Waals surface area contributed by atoms with E-state index >= 15 is 0 Å². The van der Waals surface area contributed by atoms with Crippen molar-refractivity contribution in [2.45, 2.75) is 24.0 Å². The minimum absolute atomic E-state index is 0.143. The number of nitrogens with one attached hydrogen (secondary N) is 1. The first-order valence-corrected chi connectivity index (χ1v) is 7.70. The number of nitriles is 1. The van der Waals surface area contributed by atoms with Crippen LogP contribution >= 0.6 is 11.8 Å². The number of ether oxygens (including phenoxy) is 1. The molecule has 108 valence electrons. The summed E-state index contributed by atoms with van der Waals surface area (Å²) in [5.74, 6) is 1.25. The molecule has 1 N–H and O–H groups in total. The lowest BCUT2D eigenvalue weighted by Crippen LogP contribution is -2.16. The highest BCUT2D eigenvalue weighted by atomic mass is 32.2. The van der Waals surface area contributed by atoms with Crippen LogP contribution in [0.1, 0.15) is 24.4 Å². The molecule has 1 heterocycles. The quantitative estimate of drug-likeness (QED) is 0.651. The number of thioether (sulfide) groups is 1. The van der Waals surface area contributed by atoms with Crippen molar-refractivity contribution in [1.29, 1.82) is 5.26 Å². The van der Waals surface area contributed by atoms with Crippen LogP contribution in [0.4, 0.5) is 0 Å².